The monoisotopic (exact) mass is 230 g/mol. The predicted molar refractivity (Wildman–Crippen MR) is 68.5 cm³/mol. The van der Waals surface area contributed by atoms with Gasteiger partial charge in [-0.05, 0) is 25.5 Å². The van der Waals surface area contributed by atoms with Gasteiger partial charge >= 0.3 is 0 Å². The molecule has 2 rings (SSSR count). The fourth-order valence-electron chi connectivity index (χ4n) is 1.59. The van der Waals surface area contributed by atoms with Crippen LogP contribution in [0, 0.1) is 13.8 Å². The Balaban J connectivity index is 2.38. The van der Waals surface area contributed by atoms with Gasteiger partial charge < -0.3 is 16.0 Å². The fourth-order valence-corrected chi connectivity index (χ4v) is 1.59. The summed E-state index contributed by atoms with van der Waals surface area (Å²) in [5.74, 6) is 0.376. The number of nitrogens with one attached hydrogen (secondary N) is 2. The molecule has 1 heterocycles. The van der Waals surface area contributed by atoms with Crippen LogP contribution in [0.15, 0.2) is 29.3 Å². The third kappa shape index (κ3) is 2.28. The van der Waals surface area contributed by atoms with Crippen LogP contribution in [-0.4, -0.2) is 9.97 Å². The lowest BCUT2D eigenvalue weighted by Crippen LogP contribution is -2.14. The standard InChI is InChI=1S/C12H14N4O/c1-7-3-4-9(8(2)5-7)16-11-10(13)12(17)15-6-14-11/h3-6H,13H2,1-2H3,(H2,14,15,16,17). The van der Waals surface area contributed by atoms with E-state index >= 15 is 0 Å². The van der Waals surface area contributed by atoms with Crippen LogP contribution < -0.4 is 16.6 Å². The Morgan fingerprint density at radius 1 is 1.35 bits per heavy atom. The Bertz CT molecular complexity index is 604. The second-order valence-electron chi connectivity index (χ2n) is 3.94. The van der Waals surface area contributed by atoms with Crippen molar-refractivity contribution in [2.24, 2.45) is 0 Å². The van der Waals surface area contributed by atoms with Crippen molar-refractivity contribution in [2.45, 2.75) is 13.8 Å². The number of hydrogen-bond acceptors (Lipinski definition) is 4. The summed E-state index contributed by atoms with van der Waals surface area (Å²) in [6.45, 7) is 4.01. The average molecular weight is 230 g/mol. The second-order valence-corrected chi connectivity index (χ2v) is 3.94. The number of aryl methyl sites for hydroxylation is 2. The van der Waals surface area contributed by atoms with Crippen molar-refractivity contribution >= 4 is 17.2 Å². The summed E-state index contributed by atoms with van der Waals surface area (Å²) in [5, 5.41) is 3.05. The van der Waals surface area contributed by atoms with E-state index in [4.69, 9.17) is 5.73 Å². The number of aromatic nitrogens is 2. The van der Waals surface area contributed by atoms with Crippen molar-refractivity contribution in [3.05, 3.63) is 46.0 Å². The van der Waals surface area contributed by atoms with Crippen molar-refractivity contribution in [3.63, 3.8) is 0 Å². The molecule has 0 aliphatic carbocycles. The van der Waals surface area contributed by atoms with E-state index < -0.39 is 0 Å². The minimum Gasteiger partial charge on any atom is -0.391 e. The number of nitrogens with zero attached hydrogens (tertiary/aromatic N) is 1. The maximum absolute atomic E-state index is 11.3. The van der Waals surface area contributed by atoms with Crippen LogP contribution in [0.5, 0.6) is 0 Å². The van der Waals surface area contributed by atoms with E-state index in [0.29, 0.717) is 5.82 Å². The summed E-state index contributed by atoms with van der Waals surface area (Å²) in [4.78, 5) is 17.7. The molecule has 5 nitrogen and oxygen atoms in total. The van der Waals surface area contributed by atoms with Crippen LogP contribution in [0.25, 0.3) is 0 Å². The zero-order valence-corrected chi connectivity index (χ0v) is 9.74. The van der Waals surface area contributed by atoms with Crippen molar-refractivity contribution in [3.8, 4) is 0 Å². The molecule has 0 amide bonds. The summed E-state index contributed by atoms with van der Waals surface area (Å²) in [6, 6.07) is 5.97. The van der Waals surface area contributed by atoms with Crippen LogP contribution in [0.2, 0.25) is 0 Å². The lowest BCUT2D eigenvalue weighted by molar-refractivity contribution is 1.12. The molecule has 0 fully saturated rings. The minimum absolute atomic E-state index is 0.0903. The predicted octanol–water partition coefficient (Wildman–Crippen LogP) is 1.71. The van der Waals surface area contributed by atoms with Crippen LogP contribution >= 0.6 is 0 Å². The first kappa shape index (κ1) is 11.2. The number of nitrogen functional groups attached to an aromatic ring is 1. The van der Waals surface area contributed by atoms with E-state index in [-0.39, 0.29) is 11.2 Å². The fraction of sp³-hybridized carbons (Fsp3) is 0.167. The Labute approximate surface area is 98.7 Å². The van der Waals surface area contributed by atoms with Crippen LogP contribution in [0.1, 0.15) is 11.1 Å². The van der Waals surface area contributed by atoms with Gasteiger partial charge in [-0.2, -0.15) is 0 Å². The summed E-state index contributed by atoms with van der Waals surface area (Å²) in [7, 11) is 0. The van der Waals surface area contributed by atoms with E-state index in [1.165, 1.54) is 11.9 Å². The van der Waals surface area contributed by atoms with Gasteiger partial charge in [0.1, 0.15) is 5.69 Å². The van der Waals surface area contributed by atoms with Gasteiger partial charge in [0.05, 0.1) is 6.33 Å². The molecule has 1 aromatic carbocycles. The lowest BCUT2D eigenvalue weighted by Gasteiger charge is -2.10. The molecule has 5 heteroatoms. The Hall–Kier alpha value is -2.30. The molecule has 4 N–H and O–H groups in total. The quantitative estimate of drug-likeness (QED) is 0.733. The summed E-state index contributed by atoms with van der Waals surface area (Å²) >= 11 is 0. The molecule has 0 bridgehead atoms. The van der Waals surface area contributed by atoms with E-state index in [2.05, 4.69) is 15.3 Å². The van der Waals surface area contributed by atoms with Crippen LogP contribution in [0.3, 0.4) is 0 Å². The number of aromatic amines is 1. The molecule has 0 saturated heterocycles. The van der Waals surface area contributed by atoms with Crippen molar-refractivity contribution in [1.29, 1.82) is 0 Å². The SMILES string of the molecule is Cc1ccc(Nc2nc[nH]c(=O)c2N)c(C)c1. The first-order valence-corrected chi connectivity index (χ1v) is 5.25. The van der Waals surface area contributed by atoms with E-state index in [1.807, 2.05) is 32.0 Å². The third-order valence-corrected chi connectivity index (χ3v) is 2.52. The number of rotatable bonds is 2. The third-order valence-electron chi connectivity index (χ3n) is 2.52. The first-order valence-electron chi connectivity index (χ1n) is 5.25. The molecule has 1 aromatic heterocycles. The smallest absolute Gasteiger partial charge is 0.276 e. The maximum Gasteiger partial charge on any atom is 0.276 e. The van der Waals surface area contributed by atoms with Gasteiger partial charge in [-0.15, -0.1) is 0 Å². The molecule has 0 aliphatic rings. The molecule has 17 heavy (non-hydrogen) atoms. The zero-order chi connectivity index (χ0) is 12.4. The summed E-state index contributed by atoms with van der Waals surface area (Å²) < 4.78 is 0. The first-order chi connectivity index (χ1) is 8.08. The van der Waals surface area contributed by atoms with E-state index in [9.17, 15) is 4.79 Å². The van der Waals surface area contributed by atoms with Crippen molar-refractivity contribution in [2.75, 3.05) is 11.1 Å². The van der Waals surface area contributed by atoms with Gasteiger partial charge in [0.25, 0.3) is 5.56 Å². The Kier molecular flexibility index (Phi) is 2.82. The van der Waals surface area contributed by atoms with Crippen LogP contribution in [-0.2, 0) is 0 Å². The minimum atomic E-state index is -0.340. The van der Waals surface area contributed by atoms with Crippen LogP contribution in [0.4, 0.5) is 17.2 Å². The molecule has 0 radical (unpaired) electrons. The van der Waals surface area contributed by atoms with Crippen molar-refractivity contribution in [1.82, 2.24) is 9.97 Å². The normalized spacial score (nSPS) is 10.2. The summed E-state index contributed by atoms with van der Waals surface area (Å²) in [5.41, 5.74) is 8.54. The van der Waals surface area contributed by atoms with E-state index in [1.54, 1.807) is 0 Å². The lowest BCUT2D eigenvalue weighted by atomic mass is 10.1. The number of nitrogens with two attached hydrogens (primary N) is 1. The molecule has 0 saturated carbocycles. The highest BCUT2D eigenvalue weighted by atomic mass is 16.1. The molecule has 88 valence electrons. The van der Waals surface area contributed by atoms with Gasteiger partial charge in [-0.3, -0.25) is 4.79 Å². The molecule has 2 aromatic rings. The molecule has 0 unspecified atom stereocenters. The number of benzene rings is 1. The maximum atomic E-state index is 11.3. The second kappa shape index (κ2) is 4.29. The highest BCUT2D eigenvalue weighted by Gasteiger charge is 2.06. The molecular weight excluding hydrogens is 216 g/mol. The van der Waals surface area contributed by atoms with Gasteiger partial charge in [0.15, 0.2) is 5.82 Å². The average Bonchev–Trinajstić information content (AvgIpc) is 2.28. The molecular formula is C12H14N4O. The van der Waals surface area contributed by atoms with Crippen molar-refractivity contribution < 1.29 is 0 Å². The Morgan fingerprint density at radius 3 is 2.82 bits per heavy atom. The molecule has 0 spiro atoms. The Morgan fingerprint density at radius 2 is 2.12 bits per heavy atom. The number of anilines is 3. The highest BCUT2D eigenvalue weighted by molar-refractivity contribution is 5.69. The van der Waals surface area contributed by atoms with Gasteiger partial charge in [-0.1, -0.05) is 17.7 Å². The van der Waals surface area contributed by atoms with Gasteiger partial charge in [-0.25, -0.2) is 4.98 Å². The van der Waals surface area contributed by atoms with Gasteiger partial charge in [0, 0.05) is 5.69 Å². The topological polar surface area (TPSA) is 83.8 Å². The number of H-pyrrole nitrogens is 1. The van der Waals surface area contributed by atoms with Gasteiger partial charge in [0.2, 0.25) is 0 Å². The largest absolute Gasteiger partial charge is 0.391 e. The highest BCUT2D eigenvalue weighted by Crippen LogP contribution is 2.21. The zero-order valence-electron chi connectivity index (χ0n) is 9.74. The molecule has 0 aliphatic heterocycles. The molecule has 0 atom stereocenters. The summed E-state index contributed by atoms with van der Waals surface area (Å²) in [6.07, 6.45) is 1.32. The number of hydrogen-bond donors (Lipinski definition) is 3. The van der Waals surface area contributed by atoms with E-state index in [0.717, 1.165) is 11.3 Å².